The standard InChI is InChI=1S/C10H18O2/c11-9-7-5-3-1-2-4-6-8-10-12/h11-12H,3-10H2. The largest absolute Gasteiger partial charge is 0.396 e. The van der Waals surface area contributed by atoms with Gasteiger partial charge in [-0.15, -0.1) is 11.8 Å². The maximum absolute atomic E-state index is 8.46. The molecule has 0 aromatic rings. The molecule has 2 nitrogen and oxygen atoms in total. The summed E-state index contributed by atoms with van der Waals surface area (Å²) in [5.74, 6) is 6.07. The summed E-state index contributed by atoms with van der Waals surface area (Å²) < 4.78 is 0. The van der Waals surface area contributed by atoms with Crippen LogP contribution in [0.5, 0.6) is 0 Å². The maximum atomic E-state index is 8.46. The van der Waals surface area contributed by atoms with Gasteiger partial charge in [0.05, 0.1) is 0 Å². The van der Waals surface area contributed by atoms with E-state index < -0.39 is 0 Å². The quantitative estimate of drug-likeness (QED) is 0.466. The Bertz CT molecular complexity index is 119. The summed E-state index contributed by atoms with van der Waals surface area (Å²) in [7, 11) is 0. The highest BCUT2D eigenvalue weighted by atomic mass is 16.3. The van der Waals surface area contributed by atoms with E-state index in [1.165, 1.54) is 0 Å². The fourth-order valence-corrected chi connectivity index (χ4v) is 0.827. The van der Waals surface area contributed by atoms with Crippen LogP contribution in [0.15, 0.2) is 0 Å². The molecular weight excluding hydrogens is 152 g/mol. The molecule has 2 N–H and O–H groups in total. The molecule has 0 radical (unpaired) electrons. The zero-order valence-corrected chi connectivity index (χ0v) is 7.55. The van der Waals surface area contributed by atoms with Gasteiger partial charge in [-0.1, -0.05) is 0 Å². The number of aliphatic hydroxyl groups excluding tert-OH is 2. The van der Waals surface area contributed by atoms with Crippen LogP contribution in [0.4, 0.5) is 0 Å². The minimum Gasteiger partial charge on any atom is -0.396 e. The lowest BCUT2D eigenvalue weighted by molar-refractivity contribution is 0.284. The molecule has 0 saturated heterocycles. The summed E-state index contributed by atoms with van der Waals surface area (Å²) in [6.45, 7) is 0.540. The molecule has 0 aliphatic carbocycles. The van der Waals surface area contributed by atoms with Crippen LogP contribution in [0.3, 0.4) is 0 Å². The number of rotatable bonds is 6. The lowest BCUT2D eigenvalue weighted by Gasteiger charge is -1.89. The highest BCUT2D eigenvalue weighted by Crippen LogP contribution is 1.94. The van der Waals surface area contributed by atoms with E-state index in [2.05, 4.69) is 11.8 Å². The van der Waals surface area contributed by atoms with Crippen molar-refractivity contribution in [3.05, 3.63) is 0 Å². The predicted molar refractivity (Wildman–Crippen MR) is 49.6 cm³/mol. The molecule has 0 unspecified atom stereocenters. The first-order chi connectivity index (χ1) is 5.91. The molecule has 0 aliphatic heterocycles. The van der Waals surface area contributed by atoms with Crippen molar-refractivity contribution in [2.45, 2.75) is 38.5 Å². The van der Waals surface area contributed by atoms with Gasteiger partial charge in [-0.25, -0.2) is 0 Å². The van der Waals surface area contributed by atoms with Crippen molar-refractivity contribution in [1.82, 2.24) is 0 Å². The van der Waals surface area contributed by atoms with Gasteiger partial charge in [0.1, 0.15) is 0 Å². The Balaban J connectivity index is 3.01. The third-order valence-electron chi connectivity index (χ3n) is 1.54. The fraction of sp³-hybridized carbons (Fsp3) is 0.800. The zero-order chi connectivity index (χ0) is 9.07. The van der Waals surface area contributed by atoms with Crippen molar-refractivity contribution in [1.29, 1.82) is 0 Å². The van der Waals surface area contributed by atoms with Gasteiger partial charge in [0, 0.05) is 26.1 Å². The van der Waals surface area contributed by atoms with Crippen molar-refractivity contribution in [2.75, 3.05) is 13.2 Å². The van der Waals surface area contributed by atoms with E-state index in [4.69, 9.17) is 10.2 Å². The van der Waals surface area contributed by atoms with Crippen LogP contribution in [-0.2, 0) is 0 Å². The van der Waals surface area contributed by atoms with Gasteiger partial charge in [-0.3, -0.25) is 0 Å². The molecule has 0 heterocycles. The Morgan fingerprint density at radius 2 is 1.08 bits per heavy atom. The summed E-state index contributed by atoms with van der Waals surface area (Å²) in [6, 6.07) is 0. The van der Waals surface area contributed by atoms with Crippen molar-refractivity contribution in [3.63, 3.8) is 0 Å². The number of aliphatic hydroxyl groups is 2. The van der Waals surface area contributed by atoms with E-state index >= 15 is 0 Å². The summed E-state index contributed by atoms with van der Waals surface area (Å²) >= 11 is 0. The Morgan fingerprint density at radius 3 is 1.42 bits per heavy atom. The van der Waals surface area contributed by atoms with Crippen molar-refractivity contribution in [3.8, 4) is 11.8 Å². The fourth-order valence-electron chi connectivity index (χ4n) is 0.827. The zero-order valence-electron chi connectivity index (χ0n) is 7.55. The summed E-state index contributed by atoms with van der Waals surface area (Å²) in [5, 5.41) is 16.9. The summed E-state index contributed by atoms with van der Waals surface area (Å²) in [5.41, 5.74) is 0. The second-order valence-corrected chi connectivity index (χ2v) is 2.71. The minimum absolute atomic E-state index is 0.270. The molecule has 0 saturated carbocycles. The van der Waals surface area contributed by atoms with Crippen LogP contribution in [0.25, 0.3) is 0 Å². The van der Waals surface area contributed by atoms with Gasteiger partial charge in [0.2, 0.25) is 0 Å². The highest BCUT2D eigenvalue weighted by molar-refractivity contribution is 4.98. The lowest BCUT2D eigenvalue weighted by Crippen LogP contribution is -1.81. The molecule has 0 atom stereocenters. The van der Waals surface area contributed by atoms with Crippen molar-refractivity contribution < 1.29 is 10.2 Å². The second-order valence-electron chi connectivity index (χ2n) is 2.71. The van der Waals surface area contributed by atoms with Crippen molar-refractivity contribution >= 4 is 0 Å². The molecule has 0 aromatic heterocycles. The average molecular weight is 170 g/mol. The van der Waals surface area contributed by atoms with E-state index in [0.717, 1.165) is 38.5 Å². The summed E-state index contributed by atoms with van der Waals surface area (Å²) in [6.07, 6.45) is 5.46. The van der Waals surface area contributed by atoms with Crippen LogP contribution >= 0.6 is 0 Å². The molecule has 2 heteroatoms. The van der Waals surface area contributed by atoms with Crippen LogP contribution in [0.1, 0.15) is 38.5 Å². The SMILES string of the molecule is OCCCCC#CCCCCO. The van der Waals surface area contributed by atoms with Crippen LogP contribution < -0.4 is 0 Å². The Morgan fingerprint density at radius 1 is 0.667 bits per heavy atom. The average Bonchev–Trinajstić information content (AvgIpc) is 2.10. The Labute approximate surface area is 74.6 Å². The first-order valence-corrected chi connectivity index (χ1v) is 4.59. The Kier molecular flexibility index (Phi) is 10.0. The van der Waals surface area contributed by atoms with Crippen LogP contribution in [-0.4, -0.2) is 23.4 Å². The molecule has 12 heavy (non-hydrogen) atoms. The first kappa shape index (κ1) is 11.5. The second kappa shape index (κ2) is 10.5. The maximum Gasteiger partial charge on any atom is 0.0431 e. The molecule has 0 spiro atoms. The van der Waals surface area contributed by atoms with E-state index in [1.54, 1.807) is 0 Å². The smallest absolute Gasteiger partial charge is 0.0431 e. The molecule has 0 fully saturated rings. The van der Waals surface area contributed by atoms with Gasteiger partial charge < -0.3 is 10.2 Å². The predicted octanol–water partition coefficient (Wildman–Crippen LogP) is 1.31. The third kappa shape index (κ3) is 9.48. The normalized spacial score (nSPS) is 9.17. The monoisotopic (exact) mass is 170 g/mol. The van der Waals surface area contributed by atoms with Crippen LogP contribution in [0, 0.1) is 11.8 Å². The van der Waals surface area contributed by atoms with Gasteiger partial charge in [0.15, 0.2) is 0 Å². The molecule has 0 aliphatic rings. The molecule has 0 amide bonds. The molecule has 70 valence electrons. The van der Waals surface area contributed by atoms with Crippen molar-refractivity contribution in [2.24, 2.45) is 0 Å². The van der Waals surface area contributed by atoms with Gasteiger partial charge in [0.25, 0.3) is 0 Å². The number of unbranched alkanes of at least 4 members (excludes halogenated alkanes) is 4. The number of hydrogen-bond donors (Lipinski definition) is 2. The first-order valence-electron chi connectivity index (χ1n) is 4.59. The van der Waals surface area contributed by atoms with Gasteiger partial charge in [-0.05, 0) is 25.7 Å². The van der Waals surface area contributed by atoms with E-state index in [-0.39, 0.29) is 13.2 Å². The topological polar surface area (TPSA) is 40.5 Å². The minimum atomic E-state index is 0.270. The van der Waals surface area contributed by atoms with Gasteiger partial charge >= 0.3 is 0 Å². The summed E-state index contributed by atoms with van der Waals surface area (Å²) in [4.78, 5) is 0. The molecule has 0 aromatic carbocycles. The third-order valence-corrected chi connectivity index (χ3v) is 1.54. The van der Waals surface area contributed by atoms with Gasteiger partial charge in [-0.2, -0.15) is 0 Å². The molecule has 0 bridgehead atoms. The van der Waals surface area contributed by atoms with E-state index in [1.807, 2.05) is 0 Å². The van der Waals surface area contributed by atoms with E-state index in [0.29, 0.717) is 0 Å². The van der Waals surface area contributed by atoms with E-state index in [9.17, 15) is 0 Å². The number of hydrogen-bond acceptors (Lipinski definition) is 2. The molecule has 0 rings (SSSR count). The molecular formula is C10H18O2. The highest BCUT2D eigenvalue weighted by Gasteiger charge is 1.83. The Hall–Kier alpha value is -0.520. The lowest BCUT2D eigenvalue weighted by atomic mass is 10.2. The van der Waals surface area contributed by atoms with Crippen LogP contribution in [0.2, 0.25) is 0 Å².